The van der Waals surface area contributed by atoms with Crippen molar-refractivity contribution in [2.75, 3.05) is 34.0 Å². The summed E-state index contributed by atoms with van der Waals surface area (Å²) >= 11 is 0. The second kappa shape index (κ2) is 9.83. The van der Waals surface area contributed by atoms with Gasteiger partial charge in [-0.1, -0.05) is 0 Å². The Labute approximate surface area is 125 Å². The molecule has 0 saturated heterocycles. The van der Waals surface area contributed by atoms with Gasteiger partial charge in [0.15, 0.2) is 0 Å². The van der Waals surface area contributed by atoms with Crippen molar-refractivity contribution in [2.24, 2.45) is 0 Å². The monoisotopic (exact) mass is 293 g/mol. The van der Waals surface area contributed by atoms with Crippen molar-refractivity contribution in [1.29, 1.82) is 0 Å². The summed E-state index contributed by atoms with van der Waals surface area (Å²) in [5, 5.41) is 2.80. The molecule has 0 bridgehead atoms. The Kier molecular flexibility index (Phi) is 7.97. The van der Waals surface area contributed by atoms with Gasteiger partial charge in [-0.05, 0) is 31.6 Å². The van der Waals surface area contributed by atoms with Gasteiger partial charge in [0.25, 0.3) is 0 Å². The SMILES string of the molecule is CCOCCCNC(=O)/C=C/c1ccc(OC)cc1OC. The van der Waals surface area contributed by atoms with Crippen molar-refractivity contribution < 1.29 is 19.0 Å². The first-order chi connectivity index (χ1) is 10.2. The molecule has 0 unspecified atom stereocenters. The van der Waals surface area contributed by atoms with E-state index in [2.05, 4.69) is 5.32 Å². The van der Waals surface area contributed by atoms with E-state index in [0.717, 1.165) is 12.0 Å². The topological polar surface area (TPSA) is 56.8 Å². The summed E-state index contributed by atoms with van der Waals surface area (Å²) < 4.78 is 15.6. The molecule has 0 fully saturated rings. The maximum atomic E-state index is 11.7. The third-order valence-electron chi connectivity index (χ3n) is 2.82. The molecule has 5 heteroatoms. The highest BCUT2D eigenvalue weighted by atomic mass is 16.5. The maximum Gasteiger partial charge on any atom is 0.244 e. The molecule has 1 aromatic carbocycles. The zero-order valence-electron chi connectivity index (χ0n) is 12.8. The van der Waals surface area contributed by atoms with Crippen LogP contribution in [0.5, 0.6) is 11.5 Å². The van der Waals surface area contributed by atoms with Crippen LogP contribution >= 0.6 is 0 Å². The highest BCUT2D eigenvalue weighted by Crippen LogP contribution is 2.25. The zero-order valence-corrected chi connectivity index (χ0v) is 12.8. The van der Waals surface area contributed by atoms with Crippen LogP contribution in [0.1, 0.15) is 18.9 Å². The molecule has 0 radical (unpaired) electrons. The maximum absolute atomic E-state index is 11.7. The van der Waals surface area contributed by atoms with Gasteiger partial charge >= 0.3 is 0 Å². The van der Waals surface area contributed by atoms with E-state index in [0.29, 0.717) is 31.3 Å². The van der Waals surface area contributed by atoms with Gasteiger partial charge in [0.1, 0.15) is 11.5 Å². The first-order valence-electron chi connectivity index (χ1n) is 6.97. The average molecular weight is 293 g/mol. The number of carbonyl (C=O) groups excluding carboxylic acids is 1. The van der Waals surface area contributed by atoms with E-state index >= 15 is 0 Å². The lowest BCUT2D eigenvalue weighted by atomic mass is 10.1. The van der Waals surface area contributed by atoms with Gasteiger partial charge in [-0.3, -0.25) is 4.79 Å². The van der Waals surface area contributed by atoms with Crippen molar-refractivity contribution in [1.82, 2.24) is 5.32 Å². The van der Waals surface area contributed by atoms with Gasteiger partial charge in [-0.2, -0.15) is 0 Å². The Morgan fingerprint density at radius 1 is 1.29 bits per heavy atom. The quantitative estimate of drug-likeness (QED) is 0.560. The van der Waals surface area contributed by atoms with E-state index in [4.69, 9.17) is 14.2 Å². The molecule has 0 spiro atoms. The Balaban J connectivity index is 2.50. The number of carbonyl (C=O) groups is 1. The molecule has 116 valence electrons. The van der Waals surface area contributed by atoms with Crippen LogP contribution in [0.3, 0.4) is 0 Å². The van der Waals surface area contributed by atoms with Crippen molar-refractivity contribution in [3.63, 3.8) is 0 Å². The largest absolute Gasteiger partial charge is 0.497 e. The van der Waals surface area contributed by atoms with Gasteiger partial charge in [0, 0.05) is 37.5 Å². The summed E-state index contributed by atoms with van der Waals surface area (Å²) in [6, 6.07) is 5.44. The smallest absolute Gasteiger partial charge is 0.244 e. The van der Waals surface area contributed by atoms with Gasteiger partial charge in [0.05, 0.1) is 14.2 Å². The summed E-state index contributed by atoms with van der Waals surface area (Å²) in [6.45, 7) is 3.91. The highest BCUT2D eigenvalue weighted by Gasteiger charge is 2.02. The molecule has 1 rings (SSSR count). The number of methoxy groups -OCH3 is 2. The van der Waals surface area contributed by atoms with E-state index < -0.39 is 0 Å². The van der Waals surface area contributed by atoms with Gasteiger partial charge in [-0.25, -0.2) is 0 Å². The Bertz CT molecular complexity index is 471. The zero-order chi connectivity index (χ0) is 15.5. The highest BCUT2D eigenvalue weighted by molar-refractivity contribution is 5.92. The molecule has 0 heterocycles. The third-order valence-corrected chi connectivity index (χ3v) is 2.82. The van der Waals surface area contributed by atoms with Crippen LogP contribution in [0.2, 0.25) is 0 Å². The second-order valence-electron chi connectivity index (χ2n) is 4.28. The number of hydrogen-bond donors (Lipinski definition) is 1. The molecule has 1 aromatic rings. The van der Waals surface area contributed by atoms with Gasteiger partial charge in [-0.15, -0.1) is 0 Å². The lowest BCUT2D eigenvalue weighted by Gasteiger charge is -2.07. The van der Waals surface area contributed by atoms with Crippen LogP contribution in [-0.4, -0.2) is 39.9 Å². The minimum Gasteiger partial charge on any atom is -0.497 e. The van der Waals surface area contributed by atoms with Crippen molar-refractivity contribution in [3.05, 3.63) is 29.8 Å². The average Bonchev–Trinajstić information content (AvgIpc) is 2.52. The fourth-order valence-electron chi connectivity index (χ4n) is 1.71. The van der Waals surface area contributed by atoms with E-state index in [1.165, 1.54) is 6.08 Å². The molecule has 0 saturated carbocycles. The van der Waals surface area contributed by atoms with E-state index in [1.54, 1.807) is 26.4 Å². The molecular formula is C16H23NO4. The standard InChI is InChI=1S/C16H23NO4/c1-4-21-11-5-10-17-16(18)9-7-13-6-8-14(19-2)12-15(13)20-3/h6-9,12H,4-5,10-11H2,1-3H3,(H,17,18)/b9-7+. The molecule has 1 N–H and O–H groups in total. The Morgan fingerprint density at radius 3 is 2.76 bits per heavy atom. The molecule has 0 aliphatic heterocycles. The van der Waals surface area contributed by atoms with Crippen molar-refractivity contribution >= 4 is 12.0 Å². The fraction of sp³-hybridized carbons (Fsp3) is 0.438. The number of nitrogens with one attached hydrogen (secondary N) is 1. The molecule has 0 aliphatic rings. The summed E-state index contributed by atoms with van der Waals surface area (Å²) in [7, 11) is 3.18. The molecule has 0 atom stereocenters. The molecule has 0 aliphatic carbocycles. The summed E-state index contributed by atoms with van der Waals surface area (Å²) in [4.78, 5) is 11.7. The molecule has 1 amide bonds. The van der Waals surface area contributed by atoms with Crippen molar-refractivity contribution in [3.8, 4) is 11.5 Å². The normalized spacial score (nSPS) is 10.6. The first-order valence-corrected chi connectivity index (χ1v) is 6.97. The van der Waals surface area contributed by atoms with Crippen molar-refractivity contribution in [2.45, 2.75) is 13.3 Å². The molecular weight excluding hydrogens is 270 g/mol. The van der Waals surface area contributed by atoms with E-state index in [-0.39, 0.29) is 5.91 Å². The van der Waals surface area contributed by atoms with E-state index in [1.807, 2.05) is 19.1 Å². The first kappa shape index (κ1) is 17.0. The molecule has 0 aromatic heterocycles. The van der Waals surface area contributed by atoms with Crippen LogP contribution in [-0.2, 0) is 9.53 Å². The number of hydrogen-bond acceptors (Lipinski definition) is 4. The van der Waals surface area contributed by atoms with Gasteiger partial charge < -0.3 is 19.5 Å². The lowest BCUT2D eigenvalue weighted by Crippen LogP contribution is -2.23. The summed E-state index contributed by atoms with van der Waals surface area (Å²) in [6.07, 6.45) is 4.01. The van der Waals surface area contributed by atoms with Crippen LogP contribution in [0.15, 0.2) is 24.3 Å². The fourth-order valence-corrected chi connectivity index (χ4v) is 1.71. The third kappa shape index (κ3) is 6.31. The second-order valence-corrected chi connectivity index (χ2v) is 4.28. The number of ether oxygens (including phenoxy) is 3. The number of benzene rings is 1. The Morgan fingerprint density at radius 2 is 2.10 bits per heavy atom. The predicted molar refractivity (Wildman–Crippen MR) is 82.7 cm³/mol. The van der Waals surface area contributed by atoms with Gasteiger partial charge in [0.2, 0.25) is 5.91 Å². The predicted octanol–water partition coefficient (Wildman–Crippen LogP) is 2.26. The Hall–Kier alpha value is -2.01. The minimum absolute atomic E-state index is 0.135. The summed E-state index contributed by atoms with van der Waals surface area (Å²) in [5.41, 5.74) is 0.822. The lowest BCUT2D eigenvalue weighted by molar-refractivity contribution is -0.116. The van der Waals surface area contributed by atoms with Crippen LogP contribution in [0.4, 0.5) is 0 Å². The number of amides is 1. The summed E-state index contributed by atoms with van der Waals surface area (Å²) in [5.74, 6) is 1.24. The molecule has 21 heavy (non-hydrogen) atoms. The van der Waals surface area contributed by atoms with Crippen LogP contribution in [0.25, 0.3) is 6.08 Å². The van der Waals surface area contributed by atoms with Crippen LogP contribution in [0, 0.1) is 0 Å². The van der Waals surface area contributed by atoms with E-state index in [9.17, 15) is 4.79 Å². The minimum atomic E-state index is -0.135. The molecule has 5 nitrogen and oxygen atoms in total. The number of rotatable bonds is 9. The van der Waals surface area contributed by atoms with Crippen LogP contribution < -0.4 is 14.8 Å².